The molecule has 4 aromatic rings. The zero-order valence-corrected chi connectivity index (χ0v) is 23.9. The van der Waals surface area contributed by atoms with E-state index in [2.05, 4.69) is 0 Å². The second-order valence-electron chi connectivity index (χ2n) is 11.6. The highest BCUT2D eigenvalue weighted by molar-refractivity contribution is 6.22. The average Bonchev–Trinajstić information content (AvgIpc) is 3.46. The Labute approximate surface area is 254 Å². The first kappa shape index (κ1) is 27.9. The van der Waals surface area contributed by atoms with Crippen LogP contribution >= 0.6 is 0 Å². The summed E-state index contributed by atoms with van der Waals surface area (Å²) < 4.78 is 13.0. The molecule has 3 heterocycles. The van der Waals surface area contributed by atoms with Gasteiger partial charge in [0.05, 0.1) is 40.9 Å². The van der Waals surface area contributed by atoms with Crippen molar-refractivity contribution < 1.29 is 28.7 Å². The molecule has 8 heteroatoms. The van der Waals surface area contributed by atoms with Crippen LogP contribution in [0.1, 0.15) is 52.6 Å². The molecule has 44 heavy (non-hydrogen) atoms. The smallest absolute Gasteiger partial charge is 0.261 e. The summed E-state index contributed by atoms with van der Waals surface area (Å²) in [5.41, 5.74) is 2.65. The maximum absolute atomic E-state index is 13.3. The molecule has 8 nitrogen and oxygen atoms in total. The van der Waals surface area contributed by atoms with E-state index in [9.17, 15) is 19.2 Å². The van der Waals surface area contributed by atoms with Crippen LogP contribution in [0.25, 0.3) is 0 Å². The van der Waals surface area contributed by atoms with E-state index in [-0.39, 0.29) is 55.8 Å². The number of amides is 4. The van der Waals surface area contributed by atoms with E-state index in [1.165, 1.54) is 9.80 Å². The molecule has 1 saturated heterocycles. The lowest BCUT2D eigenvalue weighted by Gasteiger charge is -2.44. The fourth-order valence-corrected chi connectivity index (χ4v) is 6.47. The summed E-state index contributed by atoms with van der Waals surface area (Å²) in [5, 5.41) is 0. The first-order chi connectivity index (χ1) is 21.4. The molecule has 3 aliphatic rings. The molecule has 0 bridgehead atoms. The molecule has 0 spiro atoms. The van der Waals surface area contributed by atoms with Gasteiger partial charge in [-0.2, -0.15) is 0 Å². The average molecular weight is 587 g/mol. The molecule has 0 aromatic heterocycles. The van der Waals surface area contributed by atoms with E-state index < -0.39 is 11.7 Å². The molecular weight excluding hydrogens is 556 g/mol. The maximum Gasteiger partial charge on any atom is 0.261 e. The predicted molar refractivity (Wildman–Crippen MR) is 161 cm³/mol. The quantitative estimate of drug-likeness (QED) is 0.277. The first-order valence-corrected chi connectivity index (χ1v) is 14.7. The van der Waals surface area contributed by atoms with Crippen molar-refractivity contribution in [3.8, 4) is 0 Å². The number of rotatable bonds is 8. The molecule has 4 aromatic carbocycles. The molecule has 1 atom stereocenters. The summed E-state index contributed by atoms with van der Waals surface area (Å²) in [6, 6.07) is 33.1. The predicted octanol–water partition coefficient (Wildman–Crippen LogP) is 4.75. The fraction of sp³-hybridized carbons (Fsp3) is 0.222. The number of carbonyl (C=O) groups is 4. The Balaban J connectivity index is 1.16. The number of hydrogen-bond acceptors (Lipinski definition) is 6. The zero-order chi connectivity index (χ0) is 30.3. The Bertz CT molecular complexity index is 1680. The van der Waals surface area contributed by atoms with Gasteiger partial charge in [-0.05, 0) is 41.8 Å². The lowest BCUT2D eigenvalue weighted by Crippen LogP contribution is -2.55. The maximum atomic E-state index is 13.3. The van der Waals surface area contributed by atoms with Crippen LogP contribution in [0.3, 0.4) is 0 Å². The van der Waals surface area contributed by atoms with Gasteiger partial charge in [0, 0.05) is 19.0 Å². The van der Waals surface area contributed by atoms with Gasteiger partial charge in [0.25, 0.3) is 23.6 Å². The lowest BCUT2D eigenvalue weighted by molar-refractivity contribution is -0.233. The van der Waals surface area contributed by atoms with Gasteiger partial charge in [0.1, 0.15) is 0 Å². The molecule has 1 unspecified atom stereocenters. The lowest BCUT2D eigenvalue weighted by atomic mass is 9.80. The Kier molecular flexibility index (Phi) is 7.16. The minimum Gasteiger partial charge on any atom is -0.351 e. The molecule has 1 fully saturated rings. The summed E-state index contributed by atoms with van der Waals surface area (Å²) in [4.78, 5) is 55.8. The normalized spacial score (nSPS) is 21.9. The summed E-state index contributed by atoms with van der Waals surface area (Å²) in [7, 11) is 0. The summed E-state index contributed by atoms with van der Waals surface area (Å²) in [6.45, 7) is 0.533. The van der Waals surface area contributed by atoms with Crippen molar-refractivity contribution in [1.82, 2.24) is 9.80 Å². The Morgan fingerprint density at radius 2 is 1.02 bits per heavy atom. The van der Waals surface area contributed by atoms with Crippen molar-refractivity contribution in [2.75, 3.05) is 26.3 Å². The summed E-state index contributed by atoms with van der Waals surface area (Å²) in [6.07, 6.45) is -0.228. The summed E-state index contributed by atoms with van der Waals surface area (Å²) in [5.74, 6) is -1.70. The van der Waals surface area contributed by atoms with Crippen LogP contribution in [0.4, 0.5) is 0 Å². The van der Waals surface area contributed by atoms with E-state index in [0.717, 1.165) is 11.1 Å². The van der Waals surface area contributed by atoms with Crippen molar-refractivity contribution in [3.63, 3.8) is 0 Å². The van der Waals surface area contributed by atoms with Crippen molar-refractivity contribution in [1.29, 1.82) is 0 Å². The number of ether oxygens (including phenoxy) is 2. The highest BCUT2D eigenvalue weighted by Gasteiger charge is 2.47. The van der Waals surface area contributed by atoms with Gasteiger partial charge in [-0.25, -0.2) is 0 Å². The first-order valence-electron chi connectivity index (χ1n) is 14.7. The number of fused-ring (bicyclic) bond motifs is 2. The number of carbonyl (C=O) groups excluding carboxylic acids is 4. The van der Waals surface area contributed by atoms with Gasteiger partial charge >= 0.3 is 0 Å². The second-order valence-corrected chi connectivity index (χ2v) is 11.6. The molecule has 3 aliphatic heterocycles. The van der Waals surface area contributed by atoms with Crippen LogP contribution in [0.15, 0.2) is 109 Å². The van der Waals surface area contributed by atoms with Crippen molar-refractivity contribution in [3.05, 3.63) is 143 Å². The minimum absolute atomic E-state index is 0.0812. The standard InChI is InChI=1S/C36H30N2O6/c39-31-27-15-7-8-16-28(27)32(40)37(31)20-25(19-24-11-3-1-4-12-24)35-43-22-36(23-44-35,26-13-5-2-6-14-26)21-38-33(41)29-17-9-10-18-30(29)34(38)42/h1-18,25,35H,19-23H2. The largest absolute Gasteiger partial charge is 0.351 e. The molecule has 0 radical (unpaired) electrons. The van der Waals surface area contributed by atoms with Gasteiger partial charge in [0.2, 0.25) is 0 Å². The van der Waals surface area contributed by atoms with Gasteiger partial charge in [0.15, 0.2) is 6.29 Å². The monoisotopic (exact) mass is 586 g/mol. The van der Waals surface area contributed by atoms with Crippen LogP contribution < -0.4 is 0 Å². The molecule has 4 amide bonds. The Hall–Kier alpha value is -4.92. The topological polar surface area (TPSA) is 93.2 Å². The number of benzene rings is 4. The zero-order valence-electron chi connectivity index (χ0n) is 23.9. The molecular formula is C36H30N2O6. The van der Waals surface area contributed by atoms with Crippen LogP contribution in [0.5, 0.6) is 0 Å². The fourth-order valence-electron chi connectivity index (χ4n) is 6.47. The SMILES string of the molecule is O=C1c2ccccc2C(=O)N1CC(Cc1ccccc1)C1OCC(CN2C(=O)c3ccccc3C2=O)(c2ccccc2)CO1. The van der Waals surface area contributed by atoms with Crippen LogP contribution in [0.2, 0.25) is 0 Å². The van der Waals surface area contributed by atoms with E-state index in [1.807, 2.05) is 60.7 Å². The van der Waals surface area contributed by atoms with E-state index in [4.69, 9.17) is 9.47 Å². The van der Waals surface area contributed by atoms with Crippen molar-refractivity contribution >= 4 is 23.6 Å². The molecule has 220 valence electrons. The van der Waals surface area contributed by atoms with E-state index in [1.54, 1.807) is 48.5 Å². The highest BCUT2D eigenvalue weighted by Crippen LogP contribution is 2.36. The third kappa shape index (κ3) is 4.82. The van der Waals surface area contributed by atoms with Crippen molar-refractivity contribution in [2.24, 2.45) is 5.92 Å². The third-order valence-corrected chi connectivity index (χ3v) is 8.79. The second kappa shape index (κ2) is 11.3. The van der Waals surface area contributed by atoms with Crippen molar-refractivity contribution in [2.45, 2.75) is 18.1 Å². The molecule has 7 rings (SSSR count). The highest BCUT2D eigenvalue weighted by atomic mass is 16.7. The van der Waals surface area contributed by atoms with Crippen LogP contribution in [-0.4, -0.2) is 66.0 Å². The van der Waals surface area contributed by atoms with Gasteiger partial charge in [-0.1, -0.05) is 84.9 Å². The molecule has 0 aliphatic carbocycles. The van der Waals surface area contributed by atoms with Gasteiger partial charge in [-0.3, -0.25) is 29.0 Å². The minimum atomic E-state index is -0.821. The van der Waals surface area contributed by atoms with Crippen LogP contribution in [0, 0.1) is 5.92 Å². The van der Waals surface area contributed by atoms with Crippen LogP contribution in [-0.2, 0) is 21.3 Å². The van der Waals surface area contributed by atoms with Gasteiger partial charge in [-0.15, -0.1) is 0 Å². The number of nitrogens with zero attached hydrogens (tertiary/aromatic N) is 2. The number of imide groups is 2. The number of hydrogen-bond donors (Lipinski definition) is 0. The van der Waals surface area contributed by atoms with E-state index in [0.29, 0.717) is 28.7 Å². The summed E-state index contributed by atoms with van der Waals surface area (Å²) >= 11 is 0. The third-order valence-electron chi connectivity index (χ3n) is 8.79. The van der Waals surface area contributed by atoms with E-state index >= 15 is 0 Å². The van der Waals surface area contributed by atoms with Gasteiger partial charge < -0.3 is 9.47 Å². The Morgan fingerprint density at radius 3 is 1.52 bits per heavy atom. The molecule has 0 saturated carbocycles. The molecule has 0 N–H and O–H groups in total. The Morgan fingerprint density at radius 1 is 0.591 bits per heavy atom.